The summed E-state index contributed by atoms with van der Waals surface area (Å²) in [6.07, 6.45) is 4.98. The Morgan fingerprint density at radius 1 is 1.14 bits per heavy atom. The van der Waals surface area contributed by atoms with Crippen molar-refractivity contribution in [3.8, 4) is 11.3 Å². The molecule has 22 heavy (non-hydrogen) atoms. The molecule has 0 bridgehead atoms. The van der Waals surface area contributed by atoms with Crippen LogP contribution in [0.3, 0.4) is 0 Å². The molecular formula is C15H14IN3O2S. The number of aromatic nitrogens is 2. The van der Waals surface area contributed by atoms with E-state index in [1.807, 2.05) is 53.2 Å². The zero-order chi connectivity index (χ0) is 15.7. The van der Waals surface area contributed by atoms with Crippen LogP contribution in [0.25, 0.3) is 16.9 Å². The summed E-state index contributed by atoms with van der Waals surface area (Å²) in [6.45, 7) is 0.270. The van der Waals surface area contributed by atoms with Crippen LogP contribution in [0.4, 0.5) is 0 Å². The van der Waals surface area contributed by atoms with Gasteiger partial charge in [-0.1, -0.05) is 18.2 Å². The van der Waals surface area contributed by atoms with Crippen molar-refractivity contribution in [3.63, 3.8) is 0 Å². The summed E-state index contributed by atoms with van der Waals surface area (Å²) in [5.41, 5.74) is 3.66. The molecule has 3 aromatic rings. The number of pyridine rings is 1. The first-order valence-corrected chi connectivity index (χ1v) is 9.56. The number of halogens is 1. The number of benzene rings is 1. The van der Waals surface area contributed by atoms with Gasteiger partial charge in [-0.2, -0.15) is 0 Å². The second kappa shape index (κ2) is 5.98. The number of hydrogen-bond acceptors (Lipinski definition) is 3. The topological polar surface area (TPSA) is 63.5 Å². The molecule has 0 amide bonds. The molecule has 0 unspecified atom stereocenters. The van der Waals surface area contributed by atoms with Crippen LogP contribution in [0.2, 0.25) is 0 Å². The SMILES string of the molecule is CS(=O)(=O)NCc1ccc2nc(-c3ccc(I)cc3)cn2c1. The van der Waals surface area contributed by atoms with Gasteiger partial charge in [0, 0.05) is 28.1 Å². The highest BCUT2D eigenvalue weighted by Gasteiger charge is 2.06. The second-order valence-electron chi connectivity index (χ2n) is 5.03. The lowest BCUT2D eigenvalue weighted by Crippen LogP contribution is -2.21. The van der Waals surface area contributed by atoms with Crippen molar-refractivity contribution < 1.29 is 8.42 Å². The van der Waals surface area contributed by atoms with Gasteiger partial charge in [0.1, 0.15) is 5.65 Å². The third-order valence-electron chi connectivity index (χ3n) is 3.19. The van der Waals surface area contributed by atoms with E-state index in [2.05, 4.69) is 32.3 Å². The van der Waals surface area contributed by atoms with E-state index in [0.29, 0.717) is 0 Å². The molecule has 0 radical (unpaired) electrons. The van der Waals surface area contributed by atoms with Crippen LogP contribution < -0.4 is 4.72 Å². The fourth-order valence-corrected chi connectivity index (χ4v) is 2.91. The van der Waals surface area contributed by atoms with Gasteiger partial charge in [0.25, 0.3) is 0 Å². The third-order valence-corrected chi connectivity index (χ3v) is 4.58. The molecule has 0 saturated carbocycles. The molecule has 1 aromatic carbocycles. The number of imidazole rings is 1. The van der Waals surface area contributed by atoms with Gasteiger partial charge in [-0.3, -0.25) is 0 Å². The van der Waals surface area contributed by atoms with Gasteiger partial charge in [0.2, 0.25) is 10.0 Å². The zero-order valence-electron chi connectivity index (χ0n) is 11.8. The van der Waals surface area contributed by atoms with Gasteiger partial charge in [-0.25, -0.2) is 18.1 Å². The molecule has 3 rings (SSSR count). The molecule has 0 aliphatic rings. The highest BCUT2D eigenvalue weighted by Crippen LogP contribution is 2.20. The number of nitrogens with one attached hydrogen (secondary N) is 1. The third kappa shape index (κ3) is 3.65. The van der Waals surface area contributed by atoms with Crippen molar-refractivity contribution in [1.82, 2.24) is 14.1 Å². The molecule has 1 N–H and O–H groups in total. The molecule has 0 saturated heterocycles. The summed E-state index contributed by atoms with van der Waals surface area (Å²) in [6, 6.07) is 11.9. The molecule has 0 aliphatic heterocycles. The number of hydrogen-bond donors (Lipinski definition) is 1. The number of fused-ring (bicyclic) bond motifs is 1. The lowest BCUT2D eigenvalue weighted by Gasteiger charge is -2.03. The molecular weight excluding hydrogens is 413 g/mol. The van der Waals surface area contributed by atoms with Crippen LogP contribution in [0.1, 0.15) is 5.56 Å². The second-order valence-corrected chi connectivity index (χ2v) is 8.11. The van der Waals surface area contributed by atoms with Crippen molar-refractivity contribution in [2.45, 2.75) is 6.54 Å². The largest absolute Gasteiger partial charge is 0.306 e. The molecule has 114 valence electrons. The zero-order valence-corrected chi connectivity index (χ0v) is 14.8. The van der Waals surface area contributed by atoms with E-state index in [-0.39, 0.29) is 6.54 Å². The minimum Gasteiger partial charge on any atom is -0.306 e. The fourth-order valence-electron chi connectivity index (χ4n) is 2.12. The summed E-state index contributed by atoms with van der Waals surface area (Å²) < 4.78 is 27.9. The smallest absolute Gasteiger partial charge is 0.209 e. The van der Waals surface area contributed by atoms with Crippen molar-refractivity contribution >= 4 is 38.3 Å². The van der Waals surface area contributed by atoms with Gasteiger partial charge in [-0.05, 0) is 46.4 Å². The molecule has 0 aliphatic carbocycles. The Bertz CT molecular complexity index is 918. The molecule has 0 atom stereocenters. The van der Waals surface area contributed by atoms with E-state index >= 15 is 0 Å². The quantitative estimate of drug-likeness (QED) is 0.652. The van der Waals surface area contributed by atoms with E-state index < -0.39 is 10.0 Å². The molecule has 0 fully saturated rings. The fraction of sp³-hybridized carbons (Fsp3) is 0.133. The van der Waals surface area contributed by atoms with Gasteiger partial charge < -0.3 is 4.40 Å². The lowest BCUT2D eigenvalue weighted by molar-refractivity contribution is 0.587. The van der Waals surface area contributed by atoms with E-state index in [9.17, 15) is 8.42 Å². The Hall–Kier alpha value is -1.45. The minimum atomic E-state index is -3.19. The van der Waals surface area contributed by atoms with Crippen LogP contribution in [-0.2, 0) is 16.6 Å². The Labute approximate surface area is 142 Å². The normalized spacial score (nSPS) is 11.9. The molecule has 2 heterocycles. The minimum absolute atomic E-state index is 0.270. The average Bonchev–Trinajstić information content (AvgIpc) is 2.88. The van der Waals surface area contributed by atoms with E-state index in [1.54, 1.807) is 0 Å². The highest BCUT2D eigenvalue weighted by atomic mass is 127. The number of rotatable bonds is 4. The Kier molecular flexibility index (Phi) is 4.20. The van der Waals surface area contributed by atoms with Gasteiger partial charge in [0.15, 0.2) is 0 Å². The summed E-state index contributed by atoms with van der Waals surface area (Å²) in [5, 5.41) is 0. The first-order chi connectivity index (χ1) is 10.4. The van der Waals surface area contributed by atoms with E-state index in [0.717, 1.165) is 28.7 Å². The van der Waals surface area contributed by atoms with Crippen LogP contribution in [0, 0.1) is 3.57 Å². The Morgan fingerprint density at radius 3 is 2.55 bits per heavy atom. The summed E-state index contributed by atoms with van der Waals surface area (Å²) >= 11 is 2.27. The summed E-state index contributed by atoms with van der Waals surface area (Å²) in [4.78, 5) is 4.58. The Balaban J connectivity index is 1.91. The van der Waals surface area contributed by atoms with Crippen LogP contribution >= 0.6 is 22.6 Å². The monoisotopic (exact) mass is 427 g/mol. The lowest BCUT2D eigenvalue weighted by atomic mass is 10.2. The first-order valence-electron chi connectivity index (χ1n) is 6.59. The van der Waals surface area contributed by atoms with Gasteiger partial charge in [0.05, 0.1) is 11.9 Å². The van der Waals surface area contributed by atoms with Gasteiger partial charge in [-0.15, -0.1) is 0 Å². The van der Waals surface area contributed by atoms with Crippen LogP contribution in [0.15, 0.2) is 48.8 Å². The first kappa shape index (κ1) is 15.4. The molecule has 5 nitrogen and oxygen atoms in total. The number of nitrogens with zero attached hydrogens (tertiary/aromatic N) is 2. The highest BCUT2D eigenvalue weighted by molar-refractivity contribution is 14.1. The standard InChI is InChI=1S/C15H14IN3O2S/c1-22(20,21)17-8-11-2-7-15-18-14(10-19(15)9-11)12-3-5-13(16)6-4-12/h2-7,9-10,17H,8H2,1H3. The van der Waals surface area contributed by atoms with Crippen LogP contribution in [0.5, 0.6) is 0 Å². The van der Waals surface area contributed by atoms with Crippen molar-refractivity contribution in [3.05, 3.63) is 57.9 Å². The van der Waals surface area contributed by atoms with Crippen molar-refractivity contribution in [1.29, 1.82) is 0 Å². The Morgan fingerprint density at radius 2 is 1.86 bits per heavy atom. The predicted molar refractivity (Wildman–Crippen MR) is 95.0 cm³/mol. The number of sulfonamides is 1. The molecule has 0 spiro atoms. The van der Waals surface area contributed by atoms with E-state index in [4.69, 9.17) is 0 Å². The maximum Gasteiger partial charge on any atom is 0.209 e. The molecule has 2 aromatic heterocycles. The maximum atomic E-state index is 11.2. The van der Waals surface area contributed by atoms with E-state index in [1.165, 1.54) is 3.57 Å². The summed E-state index contributed by atoms with van der Waals surface area (Å²) in [7, 11) is -3.19. The van der Waals surface area contributed by atoms with Crippen molar-refractivity contribution in [2.75, 3.05) is 6.26 Å². The van der Waals surface area contributed by atoms with Crippen molar-refractivity contribution in [2.24, 2.45) is 0 Å². The van der Waals surface area contributed by atoms with Gasteiger partial charge >= 0.3 is 0 Å². The summed E-state index contributed by atoms with van der Waals surface area (Å²) in [5.74, 6) is 0. The molecule has 7 heteroatoms. The maximum absolute atomic E-state index is 11.2. The average molecular weight is 427 g/mol. The van der Waals surface area contributed by atoms with Crippen LogP contribution in [-0.4, -0.2) is 24.1 Å². The predicted octanol–water partition coefficient (Wildman–Crippen LogP) is 2.66.